The maximum absolute atomic E-state index is 12.0. The van der Waals surface area contributed by atoms with E-state index in [0.717, 1.165) is 12.8 Å². The number of hydrogen-bond acceptors (Lipinski definition) is 2. The van der Waals surface area contributed by atoms with Crippen LogP contribution in [0.3, 0.4) is 0 Å². The zero-order valence-electron chi connectivity index (χ0n) is 13.9. The van der Waals surface area contributed by atoms with E-state index in [9.17, 15) is 8.42 Å². The van der Waals surface area contributed by atoms with E-state index in [-0.39, 0.29) is 0 Å². The Morgan fingerprint density at radius 3 is 1.45 bits per heavy atom. The van der Waals surface area contributed by atoms with Crippen LogP contribution in [0.5, 0.6) is 0 Å². The SMILES string of the molecule is CCCCCCCCCCCCS(=O)(=O)N(CC)CC. The van der Waals surface area contributed by atoms with Crippen LogP contribution in [0.25, 0.3) is 0 Å². The fraction of sp³-hybridized carbons (Fsp3) is 1.00. The van der Waals surface area contributed by atoms with Crippen molar-refractivity contribution in [2.45, 2.75) is 85.0 Å². The van der Waals surface area contributed by atoms with Crippen LogP contribution >= 0.6 is 0 Å². The topological polar surface area (TPSA) is 37.4 Å². The molecule has 0 aliphatic rings. The number of unbranched alkanes of at least 4 members (excludes halogenated alkanes) is 9. The Labute approximate surface area is 127 Å². The lowest BCUT2D eigenvalue weighted by atomic mass is 10.1. The van der Waals surface area contributed by atoms with Crippen LogP contribution in [0.2, 0.25) is 0 Å². The molecule has 0 spiro atoms. The molecule has 0 N–H and O–H groups in total. The number of nitrogens with zero attached hydrogens (tertiary/aromatic N) is 1. The summed E-state index contributed by atoms with van der Waals surface area (Å²) < 4.78 is 25.5. The number of hydrogen-bond donors (Lipinski definition) is 0. The molecule has 0 aliphatic carbocycles. The highest BCUT2D eigenvalue weighted by atomic mass is 32.2. The lowest BCUT2D eigenvalue weighted by Gasteiger charge is -2.18. The van der Waals surface area contributed by atoms with Crippen LogP contribution in [0, 0.1) is 0 Å². The van der Waals surface area contributed by atoms with E-state index >= 15 is 0 Å². The summed E-state index contributed by atoms with van der Waals surface area (Å²) in [7, 11) is -3.00. The van der Waals surface area contributed by atoms with E-state index in [0.29, 0.717) is 18.8 Å². The first-order chi connectivity index (χ1) is 9.58. The third-order valence-corrected chi connectivity index (χ3v) is 5.96. The molecule has 0 radical (unpaired) electrons. The highest BCUT2D eigenvalue weighted by Crippen LogP contribution is 2.11. The largest absolute Gasteiger partial charge is 0.214 e. The normalized spacial score (nSPS) is 12.2. The summed E-state index contributed by atoms with van der Waals surface area (Å²) in [6.07, 6.45) is 12.4. The van der Waals surface area contributed by atoms with Gasteiger partial charge in [-0.2, -0.15) is 0 Å². The predicted octanol–water partition coefficient (Wildman–Crippen LogP) is 4.58. The van der Waals surface area contributed by atoms with Crippen LogP contribution in [-0.2, 0) is 10.0 Å². The molecule has 0 atom stereocenters. The molecule has 0 unspecified atom stereocenters. The molecule has 0 amide bonds. The average Bonchev–Trinajstić information content (AvgIpc) is 2.42. The molecular weight excluding hydrogens is 270 g/mol. The molecule has 0 saturated heterocycles. The molecule has 0 bridgehead atoms. The number of sulfonamides is 1. The summed E-state index contributed by atoms with van der Waals surface area (Å²) in [6.45, 7) is 7.23. The fourth-order valence-electron chi connectivity index (χ4n) is 2.52. The van der Waals surface area contributed by atoms with Crippen molar-refractivity contribution in [3.63, 3.8) is 0 Å². The Kier molecular flexibility index (Phi) is 12.6. The molecule has 0 aromatic rings. The minimum Gasteiger partial charge on any atom is -0.212 e. The lowest BCUT2D eigenvalue weighted by Crippen LogP contribution is -2.32. The van der Waals surface area contributed by atoms with E-state index in [1.54, 1.807) is 4.31 Å². The molecule has 0 aromatic carbocycles. The summed E-state index contributed by atoms with van der Waals surface area (Å²) in [6, 6.07) is 0. The molecule has 0 saturated carbocycles. The molecule has 0 aromatic heterocycles. The lowest BCUT2D eigenvalue weighted by molar-refractivity contribution is 0.443. The highest BCUT2D eigenvalue weighted by molar-refractivity contribution is 7.89. The van der Waals surface area contributed by atoms with Gasteiger partial charge in [0.1, 0.15) is 0 Å². The van der Waals surface area contributed by atoms with Crippen molar-refractivity contribution >= 4 is 10.0 Å². The monoisotopic (exact) mass is 305 g/mol. The van der Waals surface area contributed by atoms with E-state index in [1.165, 1.54) is 51.4 Å². The van der Waals surface area contributed by atoms with E-state index in [1.807, 2.05) is 13.8 Å². The summed E-state index contributed by atoms with van der Waals surface area (Å²) in [5.74, 6) is 0.325. The third-order valence-electron chi connectivity index (χ3n) is 3.85. The second-order valence-electron chi connectivity index (χ2n) is 5.58. The standard InChI is InChI=1S/C16H35NO2S/c1-4-7-8-9-10-11-12-13-14-15-16-20(18,19)17(5-2)6-3/h4-16H2,1-3H3. The van der Waals surface area contributed by atoms with Crippen LogP contribution in [0.15, 0.2) is 0 Å². The Morgan fingerprint density at radius 2 is 1.05 bits per heavy atom. The van der Waals surface area contributed by atoms with Gasteiger partial charge >= 0.3 is 0 Å². The van der Waals surface area contributed by atoms with Gasteiger partial charge in [0, 0.05) is 13.1 Å². The van der Waals surface area contributed by atoms with Crippen LogP contribution in [0.4, 0.5) is 0 Å². The molecule has 0 rings (SSSR count). The molecule has 20 heavy (non-hydrogen) atoms. The minimum absolute atomic E-state index is 0.325. The van der Waals surface area contributed by atoms with Gasteiger partial charge in [0.25, 0.3) is 0 Å². The van der Waals surface area contributed by atoms with E-state index < -0.39 is 10.0 Å². The van der Waals surface area contributed by atoms with Gasteiger partial charge in [0.05, 0.1) is 5.75 Å². The summed E-state index contributed by atoms with van der Waals surface area (Å²) in [5, 5.41) is 0. The van der Waals surface area contributed by atoms with Gasteiger partial charge in [-0.25, -0.2) is 12.7 Å². The second kappa shape index (κ2) is 12.6. The summed E-state index contributed by atoms with van der Waals surface area (Å²) >= 11 is 0. The molecule has 122 valence electrons. The second-order valence-corrected chi connectivity index (χ2v) is 7.67. The van der Waals surface area contributed by atoms with Gasteiger partial charge in [-0.15, -0.1) is 0 Å². The van der Waals surface area contributed by atoms with Gasteiger partial charge in [0.2, 0.25) is 10.0 Å². The van der Waals surface area contributed by atoms with Crippen molar-refractivity contribution in [1.82, 2.24) is 4.31 Å². The molecular formula is C16H35NO2S. The average molecular weight is 306 g/mol. The zero-order valence-corrected chi connectivity index (χ0v) is 14.7. The van der Waals surface area contributed by atoms with Gasteiger partial charge in [-0.3, -0.25) is 0 Å². The van der Waals surface area contributed by atoms with E-state index in [2.05, 4.69) is 6.92 Å². The minimum atomic E-state index is -3.00. The predicted molar refractivity (Wildman–Crippen MR) is 88.6 cm³/mol. The van der Waals surface area contributed by atoms with Crippen molar-refractivity contribution in [2.24, 2.45) is 0 Å². The van der Waals surface area contributed by atoms with Gasteiger partial charge < -0.3 is 0 Å². The van der Waals surface area contributed by atoms with Crippen molar-refractivity contribution in [3.8, 4) is 0 Å². The Balaban J connectivity index is 3.48. The van der Waals surface area contributed by atoms with Gasteiger partial charge in [0.15, 0.2) is 0 Å². The van der Waals surface area contributed by atoms with E-state index in [4.69, 9.17) is 0 Å². The fourth-order valence-corrected chi connectivity index (χ4v) is 4.13. The Morgan fingerprint density at radius 1 is 0.650 bits per heavy atom. The molecule has 0 heterocycles. The van der Waals surface area contributed by atoms with Gasteiger partial charge in [-0.05, 0) is 6.42 Å². The first-order valence-electron chi connectivity index (χ1n) is 8.56. The summed E-state index contributed by atoms with van der Waals surface area (Å²) in [5.41, 5.74) is 0. The number of rotatable bonds is 14. The van der Waals surface area contributed by atoms with Crippen molar-refractivity contribution in [3.05, 3.63) is 0 Å². The first-order valence-corrected chi connectivity index (χ1v) is 10.2. The Bertz CT molecular complexity index is 298. The Hall–Kier alpha value is -0.0900. The maximum atomic E-state index is 12.0. The quantitative estimate of drug-likeness (QED) is 0.441. The molecule has 0 aliphatic heterocycles. The first kappa shape index (κ1) is 19.9. The van der Waals surface area contributed by atoms with Crippen LogP contribution < -0.4 is 0 Å². The molecule has 3 nitrogen and oxygen atoms in total. The van der Waals surface area contributed by atoms with Crippen LogP contribution in [-0.4, -0.2) is 31.6 Å². The van der Waals surface area contributed by atoms with Gasteiger partial charge in [-0.1, -0.05) is 78.6 Å². The summed E-state index contributed by atoms with van der Waals surface area (Å²) in [4.78, 5) is 0. The van der Waals surface area contributed by atoms with Crippen LogP contribution in [0.1, 0.15) is 85.0 Å². The maximum Gasteiger partial charge on any atom is 0.214 e. The van der Waals surface area contributed by atoms with Crippen molar-refractivity contribution in [2.75, 3.05) is 18.8 Å². The smallest absolute Gasteiger partial charge is 0.212 e. The molecule has 0 fully saturated rings. The third kappa shape index (κ3) is 9.76. The van der Waals surface area contributed by atoms with Crippen molar-refractivity contribution in [1.29, 1.82) is 0 Å². The zero-order chi connectivity index (χ0) is 15.3. The van der Waals surface area contributed by atoms with Crippen molar-refractivity contribution < 1.29 is 8.42 Å². The molecule has 4 heteroatoms. The highest BCUT2D eigenvalue weighted by Gasteiger charge is 2.17.